The van der Waals surface area contributed by atoms with Crippen LogP contribution in [0.3, 0.4) is 0 Å². The Kier molecular flexibility index (Phi) is 10.5. The summed E-state index contributed by atoms with van der Waals surface area (Å²) in [5, 5.41) is 5.76. The van der Waals surface area contributed by atoms with Gasteiger partial charge in [-0.25, -0.2) is 4.79 Å². The molecule has 3 aromatic rings. The zero-order valence-electron chi connectivity index (χ0n) is 22.4. The van der Waals surface area contributed by atoms with Gasteiger partial charge in [-0.05, 0) is 48.0 Å². The highest BCUT2D eigenvalue weighted by atomic mass is 19.4. The van der Waals surface area contributed by atoms with Gasteiger partial charge in [0.15, 0.2) is 0 Å². The Hall–Kier alpha value is -4.76. The third-order valence-corrected chi connectivity index (χ3v) is 5.66. The van der Waals surface area contributed by atoms with Crippen molar-refractivity contribution in [3.63, 3.8) is 0 Å². The number of benzene rings is 3. The maximum Gasteiger partial charge on any atom is 0.416 e. The van der Waals surface area contributed by atoms with Crippen molar-refractivity contribution < 1.29 is 63.4 Å². The van der Waals surface area contributed by atoms with Crippen molar-refractivity contribution >= 4 is 23.8 Å². The summed E-state index contributed by atoms with van der Waals surface area (Å²) < 4.78 is 127. The molecule has 44 heavy (non-hydrogen) atoms. The van der Waals surface area contributed by atoms with E-state index in [0.717, 1.165) is 31.4 Å². The topological polar surface area (TPSA) is 86.2 Å². The molecule has 0 aliphatic heterocycles. The van der Waals surface area contributed by atoms with Crippen LogP contribution in [0.4, 0.5) is 45.2 Å². The number of nitrogens with one attached hydrogen (secondary N) is 1. The van der Waals surface area contributed by atoms with Crippen molar-refractivity contribution in [2.45, 2.75) is 24.9 Å². The molecule has 0 atom stereocenters. The van der Waals surface area contributed by atoms with Crippen molar-refractivity contribution in [3.8, 4) is 5.75 Å². The van der Waals surface area contributed by atoms with Gasteiger partial charge in [0.05, 0.1) is 47.9 Å². The highest BCUT2D eigenvalue weighted by Gasteiger charge is 2.37. The van der Waals surface area contributed by atoms with Crippen LogP contribution in [0, 0.1) is 0 Å². The van der Waals surface area contributed by atoms with E-state index in [1.165, 1.54) is 24.4 Å². The molecule has 0 saturated heterocycles. The molecule has 1 N–H and O–H groups in total. The number of ether oxygens (including phenoxy) is 2. The summed E-state index contributed by atoms with van der Waals surface area (Å²) in [6.45, 7) is 0.00137. The summed E-state index contributed by atoms with van der Waals surface area (Å²) >= 11 is 0. The molecule has 0 aromatic heterocycles. The van der Waals surface area contributed by atoms with Crippen molar-refractivity contribution in [1.29, 1.82) is 0 Å². The Labute approximate surface area is 243 Å². The van der Waals surface area contributed by atoms with Gasteiger partial charge in [-0.2, -0.15) is 39.5 Å². The third kappa shape index (κ3) is 9.37. The van der Waals surface area contributed by atoms with E-state index < -0.39 is 52.7 Å². The Morgan fingerprint density at radius 3 is 1.91 bits per heavy atom. The van der Waals surface area contributed by atoms with Gasteiger partial charge in [-0.15, -0.1) is 0 Å². The van der Waals surface area contributed by atoms with Crippen LogP contribution in [0.5, 0.6) is 5.75 Å². The first-order valence-electron chi connectivity index (χ1n) is 12.3. The minimum atomic E-state index is -5.18. The van der Waals surface area contributed by atoms with E-state index in [4.69, 9.17) is 9.57 Å². The van der Waals surface area contributed by atoms with E-state index >= 15 is 0 Å². The molecule has 7 nitrogen and oxygen atoms in total. The third-order valence-electron chi connectivity index (χ3n) is 5.66. The number of halogens is 9. The van der Waals surface area contributed by atoms with Crippen molar-refractivity contribution in [2.24, 2.45) is 5.16 Å². The number of esters is 1. The minimum absolute atomic E-state index is 0.0106. The fourth-order valence-electron chi connectivity index (χ4n) is 3.51. The highest BCUT2D eigenvalue weighted by molar-refractivity contribution is 6.08. The highest BCUT2D eigenvalue weighted by Crippen LogP contribution is 2.37. The minimum Gasteiger partial charge on any atom is -0.493 e. The second kappa shape index (κ2) is 13.7. The van der Waals surface area contributed by atoms with Crippen LogP contribution in [-0.2, 0) is 28.1 Å². The Balaban J connectivity index is 1.66. The predicted octanol–water partition coefficient (Wildman–Crippen LogP) is 7.60. The van der Waals surface area contributed by atoms with Crippen LogP contribution in [-0.4, -0.2) is 38.4 Å². The summed E-state index contributed by atoms with van der Waals surface area (Å²) in [6, 6.07) is 8.11. The molecule has 0 aliphatic rings. The van der Waals surface area contributed by atoms with Gasteiger partial charge in [0.25, 0.3) is 5.91 Å². The molecule has 0 fully saturated rings. The molecule has 0 radical (unpaired) electrons. The second-order valence-electron chi connectivity index (χ2n) is 8.84. The maximum absolute atomic E-state index is 13.2. The van der Waals surface area contributed by atoms with Crippen molar-refractivity contribution in [3.05, 3.63) is 94.0 Å². The number of carbonyl (C=O) groups excluding carboxylic acids is 2. The Morgan fingerprint density at radius 2 is 1.36 bits per heavy atom. The molecule has 0 spiro atoms. The van der Waals surface area contributed by atoms with Gasteiger partial charge in [-0.1, -0.05) is 17.3 Å². The molecule has 16 heteroatoms. The summed E-state index contributed by atoms with van der Waals surface area (Å²) in [5.41, 5.74) is -5.42. The lowest BCUT2D eigenvalue weighted by molar-refractivity contribution is -0.143. The number of hydrogen-bond donors (Lipinski definition) is 1. The zero-order valence-corrected chi connectivity index (χ0v) is 22.4. The quantitative estimate of drug-likeness (QED) is 0.0815. The van der Waals surface area contributed by atoms with E-state index in [2.05, 4.69) is 15.2 Å². The normalized spacial score (nSPS) is 12.2. The summed E-state index contributed by atoms with van der Waals surface area (Å²) in [4.78, 5) is 29.9. The van der Waals surface area contributed by atoms with Gasteiger partial charge >= 0.3 is 24.5 Å². The number of rotatable bonds is 10. The molecule has 0 saturated carbocycles. The van der Waals surface area contributed by atoms with Crippen LogP contribution in [0.25, 0.3) is 0 Å². The first kappa shape index (κ1) is 33.7. The lowest BCUT2D eigenvalue weighted by Crippen LogP contribution is -2.19. The summed E-state index contributed by atoms with van der Waals surface area (Å²) in [7, 11) is 1.01. The molecule has 1 amide bonds. The van der Waals surface area contributed by atoms with Crippen LogP contribution in [0.1, 0.15) is 49.4 Å². The first-order valence-corrected chi connectivity index (χ1v) is 12.3. The predicted molar refractivity (Wildman–Crippen MR) is 137 cm³/mol. The van der Waals surface area contributed by atoms with E-state index in [-0.39, 0.29) is 54.8 Å². The largest absolute Gasteiger partial charge is 0.493 e. The van der Waals surface area contributed by atoms with Crippen molar-refractivity contribution in [2.75, 3.05) is 25.6 Å². The number of methoxy groups -OCH3 is 1. The average molecular weight is 636 g/mol. The van der Waals surface area contributed by atoms with Crippen LogP contribution < -0.4 is 10.1 Å². The van der Waals surface area contributed by atoms with Gasteiger partial charge in [0, 0.05) is 18.1 Å². The molecule has 3 rings (SSSR count). The van der Waals surface area contributed by atoms with E-state index in [0.29, 0.717) is 5.56 Å². The number of hydrogen-bond acceptors (Lipinski definition) is 6. The maximum atomic E-state index is 13.2. The zero-order chi connectivity index (χ0) is 32.7. The Morgan fingerprint density at radius 1 is 0.773 bits per heavy atom. The monoisotopic (exact) mass is 636 g/mol. The van der Waals surface area contributed by atoms with Crippen LogP contribution >= 0.6 is 0 Å². The molecule has 0 heterocycles. The molecule has 0 bridgehead atoms. The van der Waals surface area contributed by atoms with E-state index in [9.17, 15) is 49.1 Å². The van der Waals surface area contributed by atoms with Gasteiger partial charge in [0.2, 0.25) is 0 Å². The van der Waals surface area contributed by atoms with Gasteiger partial charge < -0.3 is 19.6 Å². The van der Waals surface area contributed by atoms with Gasteiger partial charge in [0.1, 0.15) is 12.4 Å². The molecule has 0 unspecified atom stereocenters. The van der Waals surface area contributed by atoms with Crippen LogP contribution in [0.15, 0.2) is 65.8 Å². The van der Waals surface area contributed by atoms with Crippen LogP contribution in [0.2, 0.25) is 0 Å². The standard InChI is InChI=1S/C28H21F9N2O5/c1-42-25(41)22-8-7-21(43-9-2-10-44-38-15-16-3-5-18(6-4-16)26(29,30)31)14-23(22)39-24(40)17-11-19(27(32,33)34)13-20(12-17)28(35,36)37/h3-8,11-15H,2,9-10H2,1H3,(H,39,40)/b38-15-. The Bertz CT molecular complexity index is 1470. The molecule has 236 valence electrons. The number of nitrogens with zero attached hydrogens (tertiary/aromatic N) is 1. The number of oxime groups is 1. The molecule has 3 aromatic carbocycles. The molecule has 0 aliphatic carbocycles. The molecular weight excluding hydrogens is 615 g/mol. The SMILES string of the molecule is COC(=O)c1ccc(OCCCO/N=C\c2ccc(C(F)(F)F)cc2)cc1NC(=O)c1cc(C(F)(F)F)cc(C(F)(F)F)c1. The average Bonchev–Trinajstić information content (AvgIpc) is 2.95. The molecular formula is C28H21F9N2O5. The lowest BCUT2D eigenvalue weighted by Gasteiger charge is -2.15. The van der Waals surface area contributed by atoms with E-state index in [1.807, 2.05) is 0 Å². The fraction of sp³-hybridized carbons (Fsp3) is 0.250. The number of carbonyl (C=O) groups is 2. The van der Waals surface area contributed by atoms with Gasteiger partial charge in [-0.3, -0.25) is 4.79 Å². The fourth-order valence-corrected chi connectivity index (χ4v) is 3.51. The summed E-state index contributed by atoms with van der Waals surface area (Å²) in [5.74, 6) is -2.28. The second-order valence-corrected chi connectivity index (χ2v) is 8.84. The summed E-state index contributed by atoms with van der Waals surface area (Å²) in [6.07, 6.45) is -13.4. The number of anilines is 1. The van der Waals surface area contributed by atoms with Crippen molar-refractivity contribution in [1.82, 2.24) is 0 Å². The first-order chi connectivity index (χ1) is 20.5. The smallest absolute Gasteiger partial charge is 0.416 e. The number of amides is 1. The number of alkyl halides is 9. The lowest BCUT2D eigenvalue weighted by atomic mass is 10.0. The van der Waals surface area contributed by atoms with E-state index in [1.54, 1.807) is 0 Å².